The predicted octanol–water partition coefficient (Wildman–Crippen LogP) is 1.45. The molecule has 1 saturated carbocycles. The maximum atomic E-state index is 11.3. The van der Waals surface area contributed by atoms with Crippen LogP contribution in [0.3, 0.4) is 0 Å². The standard InChI is InChI=1S/C17H21N5O/c18-17(23)13-8-9-21(10-13)11-15-16(12-6-7-12)22(20-19-15)14-4-2-1-3-5-14/h1-5,12-13H,6-11H2,(H2,18,23). The van der Waals surface area contributed by atoms with Gasteiger partial charge < -0.3 is 5.73 Å². The van der Waals surface area contributed by atoms with Crippen LogP contribution in [0.15, 0.2) is 30.3 Å². The van der Waals surface area contributed by atoms with Gasteiger partial charge in [0, 0.05) is 19.0 Å². The minimum atomic E-state index is -0.192. The van der Waals surface area contributed by atoms with Crippen LogP contribution in [0.2, 0.25) is 0 Å². The Labute approximate surface area is 135 Å². The smallest absolute Gasteiger partial charge is 0.221 e. The number of hydrogen-bond donors (Lipinski definition) is 1. The summed E-state index contributed by atoms with van der Waals surface area (Å²) in [6, 6.07) is 10.2. The first-order valence-corrected chi connectivity index (χ1v) is 8.24. The first-order chi connectivity index (χ1) is 11.2. The third kappa shape index (κ3) is 2.86. The number of carbonyl (C=O) groups excluding carboxylic acids is 1. The third-order valence-corrected chi connectivity index (χ3v) is 4.79. The summed E-state index contributed by atoms with van der Waals surface area (Å²) in [5.74, 6) is 0.348. The maximum Gasteiger partial charge on any atom is 0.221 e. The lowest BCUT2D eigenvalue weighted by Gasteiger charge is -2.15. The number of likely N-dealkylation sites (tertiary alicyclic amines) is 1. The van der Waals surface area contributed by atoms with Gasteiger partial charge in [0.15, 0.2) is 0 Å². The van der Waals surface area contributed by atoms with Gasteiger partial charge in [-0.05, 0) is 37.9 Å². The third-order valence-electron chi connectivity index (χ3n) is 4.79. The van der Waals surface area contributed by atoms with Crippen molar-refractivity contribution in [1.82, 2.24) is 19.9 Å². The second-order valence-electron chi connectivity index (χ2n) is 6.57. The van der Waals surface area contributed by atoms with Gasteiger partial charge in [-0.15, -0.1) is 5.10 Å². The average molecular weight is 311 g/mol. The first kappa shape index (κ1) is 14.4. The normalized spacial score (nSPS) is 21.7. The highest BCUT2D eigenvalue weighted by Gasteiger charge is 2.34. The Morgan fingerprint density at radius 2 is 2.00 bits per heavy atom. The molecule has 4 rings (SSSR count). The molecule has 1 aliphatic heterocycles. The highest BCUT2D eigenvalue weighted by Crippen LogP contribution is 2.42. The number of para-hydroxylation sites is 1. The number of nitrogens with zero attached hydrogens (tertiary/aromatic N) is 4. The highest BCUT2D eigenvalue weighted by atomic mass is 16.1. The number of nitrogens with two attached hydrogens (primary N) is 1. The molecular formula is C17H21N5O. The van der Waals surface area contributed by atoms with Crippen molar-refractivity contribution in [2.75, 3.05) is 13.1 Å². The quantitative estimate of drug-likeness (QED) is 0.906. The van der Waals surface area contributed by atoms with E-state index in [2.05, 4.69) is 27.3 Å². The number of rotatable bonds is 5. The van der Waals surface area contributed by atoms with Crippen molar-refractivity contribution in [2.45, 2.75) is 31.7 Å². The fraction of sp³-hybridized carbons (Fsp3) is 0.471. The SMILES string of the molecule is NC(=O)C1CCN(Cc2nnn(-c3ccccc3)c2C2CC2)C1. The molecule has 1 aliphatic carbocycles. The van der Waals surface area contributed by atoms with E-state index in [9.17, 15) is 4.79 Å². The second-order valence-corrected chi connectivity index (χ2v) is 6.57. The number of primary amides is 1. The van der Waals surface area contributed by atoms with E-state index in [0.717, 1.165) is 37.4 Å². The zero-order valence-corrected chi connectivity index (χ0v) is 13.1. The molecule has 2 aromatic rings. The lowest BCUT2D eigenvalue weighted by Crippen LogP contribution is -2.27. The molecule has 1 amide bonds. The number of benzene rings is 1. The van der Waals surface area contributed by atoms with Crippen LogP contribution in [-0.2, 0) is 11.3 Å². The molecule has 2 aliphatic rings. The topological polar surface area (TPSA) is 77.0 Å². The molecular weight excluding hydrogens is 290 g/mol. The van der Waals surface area contributed by atoms with Crippen LogP contribution in [0, 0.1) is 5.92 Å². The maximum absolute atomic E-state index is 11.3. The molecule has 0 spiro atoms. The van der Waals surface area contributed by atoms with E-state index in [4.69, 9.17) is 5.73 Å². The molecule has 0 bridgehead atoms. The molecule has 0 radical (unpaired) electrons. The molecule has 23 heavy (non-hydrogen) atoms. The Morgan fingerprint density at radius 3 is 2.65 bits per heavy atom. The summed E-state index contributed by atoms with van der Waals surface area (Å²) >= 11 is 0. The van der Waals surface area contributed by atoms with Crippen LogP contribution in [0.4, 0.5) is 0 Å². The number of amides is 1. The second kappa shape index (κ2) is 5.77. The van der Waals surface area contributed by atoms with Gasteiger partial charge >= 0.3 is 0 Å². The Bertz CT molecular complexity index is 707. The largest absolute Gasteiger partial charge is 0.369 e. The Kier molecular flexibility index (Phi) is 3.61. The summed E-state index contributed by atoms with van der Waals surface area (Å²) in [6.07, 6.45) is 3.26. The number of hydrogen-bond acceptors (Lipinski definition) is 4. The molecule has 6 heteroatoms. The minimum Gasteiger partial charge on any atom is -0.369 e. The van der Waals surface area contributed by atoms with Gasteiger partial charge in [0.25, 0.3) is 0 Å². The molecule has 2 fully saturated rings. The zero-order valence-electron chi connectivity index (χ0n) is 13.1. The fourth-order valence-corrected chi connectivity index (χ4v) is 3.38. The van der Waals surface area contributed by atoms with Crippen LogP contribution in [-0.4, -0.2) is 38.9 Å². The summed E-state index contributed by atoms with van der Waals surface area (Å²) in [5.41, 5.74) is 8.76. The van der Waals surface area contributed by atoms with Crippen molar-refractivity contribution < 1.29 is 4.79 Å². The molecule has 2 heterocycles. The lowest BCUT2D eigenvalue weighted by molar-refractivity contribution is -0.121. The molecule has 1 unspecified atom stereocenters. The lowest BCUT2D eigenvalue weighted by atomic mass is 10.1. The molecule has 120 valence electrons. The van der Waals surface area contributed by atoms with Crippen molar-refractivity contribution >= 4 is 5.91 Å². The Hall–Kier alpha value is -2.21. The zero-order chi connectivity index (χ0) is 15.8. The summed E-state index contributed by atoms with van der Waals surface area (Å²) in [7, 11) is 0. The molecule has 1 aromatic heterocycles. The van der Waals surface area contributed by atoms with Crippen LogP contribution in [0.5, 0.6) is 0 Å². The van der Waals surface area contributed by atoms with Crippen molar-refractivity contribution in [3.8, 4) is 5.69 Å². The van der Waals surface area contributed by atoms with Gasteiger partial charge in [0.2, 0.25) is 5.91 Å². The molecule has 1 saturated heterocycles. The summed E-state index contributed by atoms with van der Waals surface area (Å²) in [5, 5.41) is 8.83. The van der Waals surface area contributed by atoms with Gasteiger partial charge in [0.1, 0.15) is 5.69 Å². The van der Waals surface area contributed by atoms with Crippen LogP contribution in [0.25, 0.3) is 5.69 Å². The van der Waals surface area contributed by atoms with Gasteiger partial charge in [-0.25, -0.2) is 4.68 Å². The summed E-state index contributed by atoms with van der Waals surface area (Å²) in [6.45, 7) is 2.38. The van der Waals surface area contributed by atoms with E-state index in [1.54, 1.807) is 0 Å². The van der Waals surface area contributed by atoms with E-state index in [1.807, 2.05) is 22.9 Å². The van der Waals surface area contributed by atoms with Gasteiger partial charge in [-0.1, -0.05) is 23.4 Å². The van der Waals surface area contributed by atoms with Gasteiger partial charge in [0.05, 0.1) is 17.3 Å². The average Bonchev–Trinajstić information content (AvgIpc) is 3.14. The van der Waals surface area contributed by atoms with E-state index in [0.29, 0.717) is 5.92 Å². The van der Waals surface area contributed by atoms with Crippen LogP contribution >= 0.6 is 0 Å². The summed E-state index contributed by atoms with van der Waals surface area (Å²) in [4.78, 5) is 13.6. The number of aromatic nitrogens is 3. The van der Waals surface area contributed by atoms with Crippen molar-refractivity contribution in [2.24, 2.45) is 11.7 Å². The first-order valence-electron chi connectivity index (χ1n) is 8.24. The van der Waals surface area contributed by atoms with Crippen molar-refractivity contribution in [1.29, 1.82) is 0 Å². The van der Waals surface area contributed by atoms with E-state index < -0.39 is 0 Å². The Morgan fingerprint density at radius 1 is 1.22 bits per heavy atom. The minimum absolute atomic E-state index is 0.0245. The monoisotopic (exact) mass is 311 g/mol. The van der Waals surface area contributed by atoms with Crippen LogP contribution < -0.4 is 5.73 Å². The highest BCUT2D eigenvalue weighted by molar-refractivity contribution is 5.77. The van der Waals surface area contributed by atoms with Crippen LogP contribution in [0.1, 0.15) is 36.6 Å². The van der Waals surface area contributed by atoms with E-state index in [1.165, 1.54) is 18.5 Å². The molecule has 6 nitrogen and oxygen atoms in total. The molecule has 1 atom stereocenters. The van der Waals surface area contributed by atoms with E-state index >= 15 is 0 Å². The molecule has 1 aromatic carbocycles. The summed E-state index contributed by atoms with van der Waals surface area (Å²) < 4.78 is 1.98. The Balaban J connectivity index is 1.58. The van der Waals surface area contributed by atoms with Crippen molar-refractivity contribution in [3.63, 3.8) is 0 Å². The van der Waals surface area contributed by atoms with Gasteiger partial charge in [-0.3, -0.25) is 9.69 Å². The molecule has 2 N–H and O–H groups in total. The van der Waals surface area contributed by atoms with Crippen molar-refractivity contribution in [3.05, 3.63) is 41.7 Å². The fourth-order valence-electron chi connectivity index (χ4n) is 3.38. The van der Waals surface area contributed by atoms with E-state index in [-0.39, 0.29) is 11.8 Å². The number of carbonyl (C=O) groups is 1. The van der Waals surface area contributed by atoms with Gasteiger partial charge in [-0.2, -0.15) is 0 Å². The predicted molar refractivity (Wildman–Crippen MR) is 85.9 cm³/mol.